The molecule has 0 aliphatic heterocycles. The Bertz CT molecular complexity index is 1580. The van der Waals surface area contributed by atoms with Crippen molar-refractivity contribution in [3.8, 4) is 16.3 Å². The Morgan fingerprint density at radius 2 is 1.85 bits per heavy atom. The number of ether oxygens (including phenoxy) is 1. The summed E-state index contributed by atoms with van der Waals surface area (Å²) < 4.78 is 48.5. The minimum absolute atomic E-state index is 0.0742. The van der Waals surface area contributed by atoms with Crippen molar-refractivity contribution >= 4 is 39.1 Å². The van der Waals surface area contributed by atoms with Crippen LogP contribution in [0.4, 0.5) is 24.9 Å². The van der Waals surface area contributed by atoms with Crippen molar-refractivity contribution in [2.75, 3.05) is 24.4 Å². The summed E-state index contributed by atoms with van der Waals surface area (Å²) in [5.74, 6) is -1.11. The van der Waals surface area contributed by atoms with Crippen LogP contribution in [0.15, 0.2) is 36.5 Å². The predicted octanol–water partition coefficient (Wildman–Crippen LogP) is 4.21. The second-order valence-electron chi connectivity index (χ2n) is 9.72. The van der Waals surface area contributed by atoms with Crippen LogP contribution in [0.1, 0.15) is 29.4 Å². The zero-order valence-electron chi connectivity index (χ0n) is 22.2. The molecule has 10 nitrogen and oxygen atoms in total. The molecule has 3 heterocycles. The number of alkyl halides is 3. The Morgan fingerprint density at radius 1 is 1.12 bits per heavy atom. The molecule has 216 valence electrons. The molecule has 0 radical (unpaired) electrons. The number of nitrogens with zero attached hydrogens (tertiary/aromatic N) is 4. The number of hydrogen-bond acceptors (Lipinski definition) is 11. The largest absolute Gasteiger partial charge is 0.497 e. The number of halogens is 3. The quantitative estimate of drug-likeness (QED) is 0.236. The van der Waals surface area contributed by atoms with Gasteiger partial charge in [-0.05, 0) is 44.0 Å². The lowest BCUT2D eigenvalue weighted by Gasteiger charge is -2.24. The highest BCUT2D eigenvalue weighted by molar-refractivity contribution is 7.21. The van der Waals surface area contributed by atoms with Gasteiger partial charge in [-0.15, -0.1) is 11.3 Å². The molecule has 5 rings (SSSR count). The van der Waals surface area contributed by atoms with E-state index in [2.05, 4.69) is 25.6 Å². The average molecular weight is 589 g/mol. The van der Waals surface area contributed by atoms with Gasteiger partial charge in [0, 0.05) is 12.1 Å². The van der Waals surface area contributed by atoms with E-state index >= 15 is 0 Å². The molecule has 4 aromatic rings. The Hall–Kier alpha value is -3.88. The van der Waals surface area contributed by atoms with Crippen LogP contribution in [0.3, 0.4) is 0 Å². The van der Waals surface area contributed by atoms with Crippen molar-refractivity contribution in [2.24, 2.45) is 5.92 Å². The summed E-state index contributed by atoms with van der Waals surface area (Å²) in [4.78, 5) is 30.1. The van der Waals surface area contributed by atoms with Crippen LogP contribution in [0.2, 0.25) is 0 Å². The van der Waals surface area contributed by atoms with E-state index in [1.165, 1.54) is 42.7 Å². The maximum Gasteiger partial charge on any atom is 0.412 e. The SMILES string of the molecule is COc1ccc([C@H](Nc2nc(C)c(-c3nc4c(C)nccc4s3)c(N[C@@H]3C[C@H](CO)C(=O)[C@H]3O)n2)C(F)(F)F)cc1. The topological polar surface area (TPSA) is 142 Å². The molecule has 3 aromatic heterocycles. The second kappa shape index (κ2) is 11.2. The highest BCUT2D eigenvalue weighted by atomic mass is 32.1. The van der Waals surface area contributed by atoms with E-state index in [1.54, 1.807) is 19.2 Å². The first-order valence-electron chi connectivity index (χ1n) is 12.7. The van der Waals surface area contributed by atoms with Gasteiger partial charge in [-0.25, -0.2) is 9.97 Å². The van der Waals surface area contributed by atoms with Crippen LogP contribution in [0.5, 0.6) is 5.75 Å². The zero-order valence-corrected chi connectivity index (χ0v) is 23.0. The summed E-state index contributed by atoms with van der Waals surface area (Å²) in [7, 11) is 1.42. The Morgan fingerprint density at radius 3 is 2.46 bits per heavy atom. The summed E-state index contributed by atoms with van der Waals surface area (Å²) in [6.45, 7) is 3.00. The minimum atomic E-state index is -4.70. The van der Waals surface area contributed by atoms with E-state index in [1.807, 2.05) is 6.92 Å². The van der Waals surface area contributed by atoms with Gasteiger partial charge >= 0.3 is 6.18 Å². The molecule has 4 N–H and O–H groups in total. The number of benzene rings is 1. The van der Waals surface area contributed by atoms with E-state index < -0.39 is 42.7 Å². The molecule has 41 heavy (non-hydrogen) atoms. The molecule has 0 spiro atoms. The van der Waals surface area contributed by atoms with Crippen LogP contribution < -0.4 is 15.4 Å². The van der Waals surface area contributed by atoms with Crippen LogP contribution in [-0.2, 0) is 4.79 Å². The number of Topliss-reactive ketones (excluding diaryl/α,β-unsaturated/α-hetero) is 1. The van der Waals surface area contributed by atoms with Gasteiger partial charge in [-0.1, -0.05) is 12.1 Å². The molecule has 1 aliphatic carbocycles. The highest BCUT2D eigenvalue weighted by Crippen LogP contribution is 2.40. The molecule has 0 saturated heterocycles. The smallest absolute Gasteiger partial charge is 0.412 e. The lowest BCUT2D eigenvalue weighted by Crippen LogP contribution is -2.33. The number of ketones is 1. The van der Waals surface area contributed by atoms with Crippen molar-refractivity contribution < 1.29 is 32.9 Å². The van der Waals surface area contributed by atoms with Gasteiger partial charge in [0.05, 0.1) is 41.4 Å². The van der Waals surface area contributed by atoms with Gasteiger partial charge in [-0.2, -0.15) is 18.2 Å². The second-order valence-corrected chi connectivity index (χ2v) is 10.8. The number of nitrogens with one attached hydrogen (secondary N) is 2. The fraction of sp³-hybridized carbons (Fsp3) is 0.370. The van der Waals surface area contributed by atoms with Gasteiger partial charge in [0.2, 0.25) is 5.95 Å². The number of carbonyl (C=O) groups excluding carboxylic acids is 1. The lowest BCUT2D eigenvalue weighted by molar-refractivity contribution is -0.144. The third-order valence-corrected chi connectivity index (χ3v) is 8.04. The normalized spacial score (nSPS) is 19.9. The van der Waals surface area contributed by atoms with Gasteiger partial charge in [0.15, 0.2) is 11.8 Å². The van der Waals surface area contributed by atoms with Crippen molar-refractivity contribution in [1.82, 2.24) is 19.9 Å². The van der Waals surface area contributed by atoms with E-state index in [4.69, 9.17) is 9.72 Å². The van der Waals surface area contributed by atoms with Crippen molar-refractivity contribution in [1.29, 1.82) is 0 Å². The number of aliphatic hydroxyl groups is 2. The third-order valence-electron chi connectivity index (χ3n) is 7.00. The molecule has 0 unspecified atom stereocenters. The van der Waals surface area contributed by atoms with E-state index in [-0.39, 0.29) is 23.8 Å². The zero-order chi connectivity index (χ0) is 29.5. The number of aromatic nitrogens is 4. The fourth-order valence-corrected chi connectivity index (χ4v) is 5.95. The summed E-state index contributed by atoms with van der Waals surface area (Å²) >= 11 is 1.33. The molecule has 1 fully saturated rings. The lowest BCUT2D eigenvalue weighted by atomic mass is 10.1. The number of carbonyl (C=O) groups is 1. The number of aliphatic hydroxyl groups excluding tert-OH is 2. The summed E-state index contributed by atoms with van der Waals surface area (Å²) in [5.41, 5.74) is 2.02. The van der Waals surface area contributed by atoms with Gasteiger partial charge < -0.3 is 25.6 Å². The van der Waals surface area contributed by atoms with Crippen LogP contribution in [0, 0.1) is 19.8 Å². The number of anilines is 2. The van der Waals surface area contributed by atoms with Gasteiger partial charge in [0.1, 0.15) is 28.2 Å². The average Bonchev–Trinajstić information content (AvgIpc) is 3.48. The van der Waals surface area contributed by atoms with Crippen molar-refractivity contribution in [2.45, 2.75) is 44.6 Å². The monoisotopic (exact) mass is 588 g/mol. The molecular formula is C27H27F3N6O4S. The molecule has 0 amide bonds. The Labute approximate surface area is 236 Å². The molecule has 4 atom stereocenters. The van der Waals surface area contributed by atoms with Crippen LogP contribution >= 0.6 is 11.3 Å². The number of methoxy groups -OCH3 is 1. The first-order chi connectivity index (χ1) is 19.5. The minimum Gasteiger partial charge on any atom is -0.497 e. The van der Waals surface area contributed by atoms with Crippen LogP contribution in [-0.4, -0.2) is 68.0 Å². The fourth-order valence-electron chi connectivity index (χ4n) is 4.84. The van der Waals surface area contributed by atoms with E-state index in [0.717, 1.165) is 4.70 Å². The Kier molecular flexibility index (Phi) is 7.81. The number of fused-ring (bicyclic) bond motifs is 1. The summed E-state index contributed by atoms with van der Waals surface area (Å²) in [5, 5.41) is 26.0. The molecule has 1 aromatic carbocycles. The maximum atomic E-state index is 14.2. The molecular weight excluding hydrogens is 561 g/mol. The number of rotatable bonds is 8. The number of hydrogen-bond donors (Lipinski definition) is 4. The summed E-state index contributed by atoms with van der Waals surface area (Å²) in [6.07, 6.45) is -4.36. The molecule has 0 bridgehead atoms. The standard InChI is InChI=1S/C27H27F3N6O4S/c1-12-19(25-34-20-13(2)31-9-8-18(20)41-25)24(33-17-10-15(11-37)21(38)22(17)39)36-26(32-12)35-23(27(28,29)30)14-4-6-16(40-3)7-5-14/h4-9,15,17,22-23,37,39H,10-11H2,1-3H3,(H2,32,33,35,36)/t15-,17-,22+,23+/m1/s1. The maximum absolute atomic E-state index is 14.2. The first-order valence-corrected chi connectivity index (χ1v) is 13.5. The summed E-state index contributed by atoms with van der Waals surface area (Å²) in [6, 6.07) is 4.29. The third kappa shape index (κ3) is 5.67. The van der Waals surface area contributed by atoms with Crippen molar-refractivity contribution in [3.63, 3.8) is 0 Å². The molecule has 14 heteroatoms. The van der Waals surface area contributed by atoms with E-state index in [0.29, 0.717) is 33.2 Å². The Balaban J connectivity index is 1.59. The number of aryl methyl sites for hydroxylation is 2. The number of pyridine rings is 1. The molecule has 1 aliphatic rings. The van der Waals surface area contributed by atoms with Crippen LogP contribution in [0.25, 0.3) is 20.8 Å². The van der Waals surface area contributed by atoms with Gasteiger partial charge in [0.25, 0.3) is 0 Å². The number of thiazole rings is 1. The molecule has 1 saturated carbocycles. The highest BCUT2D eigenvalue weighted by Gasteiger charge is 2.43. The first kappa shape index (κ1) is 28.6. The van der Waals surface area contributed by atoms with E-state index in [9.17, 15) is 28.2 Å². The van der Waals surface area contributed by atoms with Gasteiger partial charge in [-0.3, -0.25) is 9.78 Å². The predicted molar refractivity (Wildman–Crippen MR) is 147 cm³/mol. The van der Waals surface area contributed by atoms with Crippen molar-refractivity contribution in [3.05, 3.63) is 53.5 Å².